The molecular formula is C18H26N2O. The standard InChI is InChI=1S/C18H26N2O/c1-13-7-4-5-9-15(13)16-10-6-8-14-11-20(12-17(14)16)18(21)19(2)3/h4-5,7,9,14,16-17H,6,8,10-12H2,1-3H3. The molecule has 1 aromatic carbocycles. The third-order valence-electron chi connectivity index (χ3n) is 5.34. The lowest BCUT2D eigenvalue weighted by atomic mass is 9.70. The Morgan fingerprint density at radius 2 is 1.95 bits per heavy atom. The van der Waals surface area contributed by atoms with E-state index in [1.165, 1.54) is 30.4 Å². The average molecular weight is 286 g/mol. The molecule has 0 bridgehead atoms. The number of nitrogens with zero attached hydrogens (tertiary/aromatic N) is 2. The first-order valence-electron chi connectivity index (χ1n) is 8.09. The average Bonchev–Trinajstić information content (AvgIpc) is 2.90. The molecule has 3 atom stereocenters. The number of urea groups is 1. The van der Waals surface area contributed by atoms with Crippen molar-refractivity contribution in [3.05, 3.63) is 35.4 Å². The van der Waals surface area contributed by atoms with Crippen molar-refractivity contribution in [2.75, 3.05) is 27.2 Å². The number of likely N-dealkylation sites (tertiary alicyclic amines) is 1. The predicted octanol–water partition coefficient (Wildman–Crippen LogP) is 3.49. The van der Waals surface area contributed by atoms with Gasteiger partial charge in [-0.15, -0.1) is 0 Å². The molecule has 0 radical (unpaired) electrons. The second-order valence-corrected chi connectivity index (χ2v) is 6.90. The minimum atomic E-state index is 0.174. The van der Waals surface area contributed by atoms with Crippen molar-refractivity contribution in [2.24, 2.45) is 11.8 Å². The zero-order valence-electron chi connectivity index (χ0n) is 13.4. The van der Waals surface area contributed by atoms with E-state index in [4.69, 9.17) is 0 Å². The molecule has 21 heavy (non-hydrogen) atoms. The first kappa shape index (κ1) is 14.4. The van der Waals surface area contributed by atoms with Crippen LogP contribution in [0.25, 0.3) is 0 Å². The van der Waals surface area contributed by atoms with Crippen molar-refractivity contribution in [3.8, 4) is 0 Å². The molecule has 1 saturated heterocycles. The number of fused-ring (bicyclic) bond motifs is 1. The summed E-state index contributed by atoms with van der Waals surface area (Å²) in [4.78, 5) is 16.0. The number of aryl methyl sites for hydroxylation is 1. The summed E-state index contributed by atoms with van der Waals surface area (Å²) in [6.07, 6.45) is 3.85. The lowest BCUT2D eigenvalue weighted by molar-refractivity contribution is 0.179. The Hall–Kier alpha value is -1.51. The van der Waals surface area contributed by atoms with E-state index in [1.807, 2.05) is 14.1 Å². The van der Waals surface area contributed by atoms with Crippen molar-refractivity contribution >= 4 is 6.03 Å². The Labute approximate surface area is 127 Å². The van der Waals surface area contributed by atoms with Crippen LogP contribution in [0.4, 0.5) is 4.79 Å². The van der Waals surface area contributed by atoms with E-state index in [2.05, 4.69) is 36.1 Å². The zero-order valence-corrected chi connectivity index (χ0v) is 13.4. The highest BCUT2D eigenvalue weighted by molar-refractivity contribution is 5.74. The van der Waals surface area contributed by atoms with Crippen LogP contribution in [0, 0.1) is 18.8 Å². The fourth-order valence-electron chi connectivity index (χ4n) is 4.30. The molecule has 0 N–H and O–H groups in total. The molecule has 114 valence electrons. The van der Waals surface area contributed by atoms with E-state index in [-0.39, 0.29) is 6.03 Å². The third-order valence-corrected chi connectivity index (χ3v) is 5.34. The summed E-state index contributed by atoms with van der Waals surface area (Å²) < 4.78 is 0. The number of amides is 2. The number of carbonyl (C=O) groups excluding carboxylic acids is 1. The van der Waals surface area contributed by atoms with Crippen LogP contribution in [0.2, 0.25) is 0 Å². The van der Waals surface area contributed by atoms with E-state index in [1.54, 1.807) is 4.90 Å². The second kappa shape index (κ2) is 5.70. The van der Waals surface area contributed by atoms with Crippen molar-refractivity contribution in [2.45, 2.75) is 32.1 Å². The molecule has 0 spiro atoms. The maximum atomic E-state index is 12.3. The van der Waals surface area contributed by atoms with Crippen LogP contribution in [-0.2, 0) is 0 Å². The summed E-state index contributed by atoms with van der Waals surface area (Å²) in [5, 5.41) is 0. The van der Waals surface area contributed by atoms with Gasteiger partial charge in [0.25, 0.3) is 0 Å². The topological polar surface area (TPSA) is 23.6 Å². The molecular weight excluding hydrogens is 260 g/mol. The van der Waals surface area contributed by atoms with Gasteiger partial charge in [0.05, 0.1) is 0 Å². The smallest absolute Gasteiger partial charge is 0.319 e. The van der Waals surface area contributed by atoms with Crippen LogP contribution < -0.4 is 0 Å². The van der Waals surface area contributed by atoms with Crippen molar-refractivity contribution < 1.29 is 4.79 Å². The van der Waals surface area contributed by atoms with Gasteiger partial charge < -0.3 is 9.80 Å². The molecule has 3 rings (SSSR count). The molecule has 1 saturated carbocycles. The molecule has 0 aromatic heterocycles. The quantitative estimate of drug-likeness (QED) is 0.775. The summed E-state index contributed by atoms with van der Waals surface area (Å²) in [5.41, 5.74) is 2.91. The molecule has 2 amide bonds. The van der Waals surface area contributed by atoms with Gasteiger partial charge in [0.15, 0.2) is 0 Å². The summed E-state index contributed by atoms with van der Waals surface area (Å²) >= 11 is 0. The van der Waals surface area contributed by atoms with E-state index in [9.17, 15) is 4.79 Å². The van der Waals surface area contributed by atoms with Crippen LogP contribution >= 0.6 is 0 Å². The van der Waals surface area contributed by atoms with Crippen LogP contribution in [0.3, 0.4) is 0 Å². The molecule has 3 unspecified atom stereocenters. The Bertz CT molecular complexity index is 526. The molecule has 3 heteroatoms. The Balaban J connectivity index is 1.82. The zero-order chi connectivity index (χ0) is 15.0. The first-order valence-corrected chi connectivity index (χ1v) is 8.09. The Morgan fingerprint density at radius 1 is 1.19 bits per heavy atom. The highest BCUT2D eigenvalue weighted by Crippen LogP contribution is 2.46. The molecule has 2 aliphatic rings. The highest BCUT2D eigenvalue weighted by atomic mass is 16.2. The van der Waals surface area contributed by atoms with E-state index in [0.29, 0.717) is 17.8 Å². The number of hydrogen-bond donors (Lipinski definition) is 0. The van der Waals surface area contributed by atoms with Gasteiger partial charge in [-0.05, 0) is 48.6 Å². The van der Waals surface area contributed by atoms with Crippen molar-refractivity contribution in [1.82, 2.24) is 9.80 Å². The maximum Gasteiger partial charge on any atom is 0.319 e. The first-order chi connectivity index (χ1) is 10.1. The predicted molar refractivity (Wildman–Crippen MR) is 85.4 cm³/mol. The van der Waals surface area contributed by atoms with E-state index in [0.717, 1.165) is 13.1 Å². The lowest BCUT2D eigenvalue weighted by Crippen LogP contribution is -2.38. The normalized spacial score (nSPS) is 28.3. The van der Waals surface area contributed by atoms with Crippen LogP contribution in [0.1, 0.15) is 36.3 Å². The molecule has 1 aromatic rings. The minimum absolute atomic E-state index is 0.174. The molecule has 2 fully saturated rings. The van der Waals surface area contributed by atoms with Gasteiger partial charge in [0, 0.05) is 27.2 Å². The fraction of sp³-hybridized carbons (Fsp3) is 0.611. The highest BCUT2D eigenvalue weighted by Gasteiger charge is 2.42. The summed E-state index contributed by atoms with van der Waals surface area (Å²) in [5.74, 6) is 1.96. The van der Waals surface area contributed by atoms with Gasteiger partial charge in [0.1, 0.15) is 0 Å². The van der Waals surface area contributed by atoms with E-state index >= 15 is 0 Å². The molecule has 1 heterocycles. The third kappa shape index (κ3) is 2.66. The SMILES string of the molecule is Cc1ccccc1C1CCCC2CN(C(=O)N(C)C)CC21. The summed E-state index contributed by atoms with van der Waals surface area (Å²) in [6.45, 7) is 4.10. The van der Waals surface area contributed by atoms with Crippen molar-refractivity contribution in [1.29, 1.82) is 0 Å². The molecule has 1 aliphatic heterocycles. The number of rotatable bonds is 1. The van der Waals surface area contributed by atoms with Gasteiger partial charge in [-0.2, -0.15) is 0 Å². The van der Waals surface area contributed by atoms with Gasteiger partial charge in [-0.1, -0.05) is 30.7 Å². The summed E-state index contributed by atoms with van der Waals surface area (Å²) in [7, 11) is 3.70. The van der Waals surface area contributed by atoms with Gasteiger partial charge in [-0.3, -0.25) is 0 Å². The Morgan fingerprint density at radius 3 is 2.67 bits per heavy atom. The fourth-order valence-corrected chi connectivity index (χ4v) is 4.30. The van der Waals surface area contributed by atoms with Crippen molar-refractivity contribution in [3.63, 3.8) is 0 Å². The van der Waals surface area contributed by atoms with Crippen LogP contribution in [-0.4, -0.2) is 43.0 Å². The number of carbonyl (C=O) groups is 1. The summed E-state index contributed by atoms with van der Waals surface area (Å²) in [6, 6.07) is 8.96. The van der Waals surface area contributed by atoms with E-state index < -0.39 is 0 Å². The van der Waals surface area contributed by atoms with Crippen LogP contribution in [0.15, 0.2) is 24.3 Å². The monoisotopic (exact) mass is 286 g/mol. The minimum Gasteiger partial charge on any atom is -0.331 e. The number of benzene rings is 1. The van der Waals surface area contributed by atoms with Gasteiger partial charge in [-0.25, -0.2) is 4.79 Å². The van der Waals surface area contributed by atoms with Gasteiger partial charge >= 0.3 is 6.03 Å². The Kier molecular flexibility index (Phi) is 3.92. The largest absolute Gasteiger partial charge is 0.331 e. The molecule has 1 aliphatic carbocycles. The number of hydrogen-bond acceptors (Lipinski definition) is 1. The van der Waals surface area contributed by atoms with Gasteiger partial charge in [0.2, 0.25) is 0 Å². The van der Waals surface area contributed by atoms with Crippen LogP contribution in [0.5, 0.6) is 0 Å². The second-order valence-electron chi connectivity index (χ2n) is 6.90. The lowest BCUT2D eigenvalue weighted by Gasteiger charge is -2.34. The maximum absolute atomic E-state index is 12.3. The molecule has 3 nitrogen and oxygen atoms in total.